The Kier molecular flexibility index (Phi) is 3.44. The number of nitrogens with zero attached hydrogens (tertiary/aromatic N) is 1. The monoisotopic (exact) mass is 282 g/mol. The normalized spacial score (nSPS) is 10.3. The van der Waals surface area contributed by atoms with Crippen molar-refractivity contribution in [1.82, 2.24) is 4.98 Å². The zero-order valence-corrected chi connectivity index (χ0v) is 11.3. The predicted octanol–water partition coefficient (Wildman–Crippen LogP) is 2.77. The summed E-state index contributed by atoms with van der Waals surface area (Å²) in [4.78, 5) is 27.6. The second kappa shape index (κ2) is 4.87. The molecular weight excluding hydrogens is 272 g/mol. The molecule has 0 aliphatic carbocycles. The molecule has 2 N–H and O–H groups in total. The molecule has 0 bridgehead atoms. The van der Waals surface area contributed by atoms with Crippen molar-refractivity contribution in [3.05, 3.63) is 32.6 Å². The van der Waals surface area contributed by atoms with Gasteiger partial charge in [0.2, 0.25) is 0 Å². The summed E-state index contributed by atoms with van der Waals surface area (Å²) in [6.45, 7) is 3.58. The van der Waals surface area contributed by atoms with Gasteiger partial charge in [-0.1, -0.05) is 0 Å². The van der Waals surface area contributed by atoms with E-state index in [0.717, 1.165) is 5.01 Å². The number of amides is 1. The molecule has 94 valence electrons. The highest BCUT2D eigenvalue weighted by molar-refractivity contribution is 7.15. The zero-order chi connectivity index (χ0) is 13.3. The van der Waals surface area contributed by atoms with E-state index in [9.17, 15) is 9.59 Å². The summed E-state index contributed by atoms with van der Waals surface area (Å²) in [5, 5.41) is 14.3. The second-order valence-corrected chi connectivity index (χ2v) is 5.69. The topological polar surface area (TPSA) is 79.3 Å². The minimum absolute atomic E-state index is 0.104. The average molecular weight is 282 g/mol. The summed E-state index contributed by atoms with van der Waals surface area (Å²) < 4.78 is 0. The fourth-order valence-corrected chi connectivity index (χ4v) is 3.07. The first-order valence-electron chi connectivity index (χ1n) is 5.05. The molecule has 0 atom stereocenters. The number of thiophene rings is 1. The highest BCUT2D eigenvalue weighted by Crippen LogP contribution is 2.25. The number of nitrogens with one attached hydrogen (secondary N) is 1. The summed E-state index contributed by atoms with van der Waals surface area (Å²) in [5.74, 6) is -1.37. The maximum absolute atomic E-state index is 12.0. The van der Waals surface area contributed by atoms with Crippen LogP contribution in [-0.4, -0.2) is 22.0 Å². The van der Waals surface area contributed by atoms with Crippen LogP contribution in [-0.2, 0) is 0 Å². The molecule has 0 aliphatic heterocycles. The van der Waals surface area contributed by atoms with E-state index in [1.54, 1.807) is 12.3 Å². The summed E-state index contributed by atoms with van der Waals surface area (Å²) >= 11 is 2.48. The van der Waals surface area contributed by atoms with Crippen LogP contribution in [0.4, 0.5) is 5.00 Å². The lowest BCUT2D eigenvalue weighted by molar-refractivity contribution is 0.0698. The van der Waals surface area contributed by atoms with Gasteiger partial charge in [-0.2, -0.15) is 0 Å². The van der Waals surface area contributed by atoms with Crippen LogP contribution < -0.4 is 5.32 Å². The highest BCUT2D eigenvalue weighted by atomic mass is 32.1. The Labute approximate surface area is 111 Å². The predicted molar refractivity (Wildman–Crippen MR) is 70.8 cm³/mol. The number of anilines is 1. The van der Waals surface area contributed by atoms with Crippen LogP contribution in [0.3, 0.4) is 0 Å². The number of aromatic nitrogens is 1. The number of carboxylic acids is 1. The van der Waals surface area contributed by atoms with Crippen LogP contribution in [0.5, 0.6) is 0 Å². The first kappa shape index (κ1) is 12.7. The number of hydrogen-bond donors (Lipinski definition) is 2. The Morgan fingerprint density at radius 3 is 2.67 bits per heavy atom. The van der Waals surface area contributed by atoms with E-state index >= 15 is 0 Å². The number of carbonyl (C=O) groups is 2. The molecule has 0 radical (unpaired) electrons. The molecule has 2 rings (SSSR count). The highest BCUT2D eigenvalue weighted by Gasteiger charge is 2.18. The Bertz CT molecular complexity index is 616. The second-order valence-electron chi connectivity index (χ2n) is 3.57. The van der Waals surface area contributed by atoms with Gasteiger partial charge in [0, 0.05) is 0 Å². The van der Waals surface area contributed by atoms with E-state index in [1.807, 2.05) is 6.92 Å². The molecule has 5 nitrogen and oxygen atoms in total. The van der Waals surface area contributed by atoms with Crippen molar-refractivity contribution in [2.45, 2.75) is 13.8 Å². The number of aromatic carboxylic acids is 1. The lowest BCUT2D eigenvalue weighted by Gasteiger charge is -2.02. The molecule has 18 heavy (non-hydrogen) atoms. The van der Waals surface area contributed by atoms with Gasteiger partial charge in [0.25, 0.3) is 5.91 Å². The maximum atomic E-state index is 12.0. The maximum Gasteiger partial charge on any atom is 0.338 e. The molecule has 2 aromatic rings. The molecule has 0 fully saturated rings. The summed E-state index contributed by atoms with van der Waals surface area (Å²) in [5.41, 5.74) is 0.760. The standard InChI is InChI=1S/C11H10N2O3S2/c1-5-8(18-6(2)12-5)9(14)13-10-7(11(15)16)3-4-17-10/h3-4H,1-2H3,(H,13,14)(H,15,16). The third-order valence-corrected chi connectivity index (χ3v) is 4.13. The van der Waals surface area contributed by atoms with E-state index in [1.165, 1.54) is 28.7 Å². The zero-order valence-electron chi connectivity index (χ0n) is 9.68. The molecule has 0 saturated heterocycles. The van der Waals surface area contributed by atoms with Gasteiger partial charge in [0.1, 0.15) is 9.88 Å². The first-order chi connectivity index (χ1) is 8.49. The fourth-order valence-electron chi connectivity index (χ4n) is 1.48. The summed E-state index contributed by atoms with van der Waals surface area (Å²) in [6, 6.07) is 1.47. The quantitative estimate of drug-likeness (QED) is 0.907. The van der Waals surface area contributed by atoms with E-state index in [0.29, 0.717) is 15.6 Å². The summed E-state index contributed by atoms with van der Waals surface area (Å²) in [6.07, 6.45) is 0. The Morgan fingerprint density at radius 1 is 1.39 bits per heavy atom. The van der Waals surface area contributed by atoms with E-state index in [4.69, 9.17) is 5.11 Å². The van der Waals surface area contributed by atoms with Gasteiger partial charge >= 0.3 is 5.97 Å². The number of carboxylic acid groups (broad SMARTS) is 1. The van der Waals surface area contributed by atoms with Gasteiger partial charge in [-0.25, -0.2) is 9.78 Å². The third kappa shape index (κ3) is 2.41. The molecular formula is C11H10N2O3S2. The number of aryl methyl sites for hydroxylation is 2. The molecule has 2 aromatic heterocycles. The van der Waals surface area contributed by atoms with Crippen molar-refractivity contribution >= 4 is 39.6 Å². The number of thiazole rings is 1. The number of rotatable bonds is 3. The van der Waals surface area contributed by atoms with Crippen LogP contribution in [0.25, 0.3) is 0 Å². The van der Waals surface area contributed by atoms with Crippen LogP contribution in [0.1, 0.15) is 30.7 Å². The van der Waals surface area contributed by atoms with Gasteiger partial charge in [-0.05, 0) is 25.3 Å². The lowest BCUT2D eigenvalue weighted by Crippen LogP contribution is -2.12. The van der Waals surface area contributed by atoms with Gasteiger partial charge in [-0.3, -0.25) is 4.79 Å². The van der Waals surface area contributed by atoms with Crippen LogP contribution in [0, 0.1) is 13.8 Å². The van der Waals surface area contributed by atoms with Crippen molar-refractivity contribution in [3.63, 3.8) is 0 Å². The van der Waals surface area contributed by atoms with Crippen molar-refractivity contribution in [2.24, 2.45) is 0 Å². The fraction of sp³-hybridized carbons (Fsp3) is 0.182. The van der Waals surface area contributed by atoms with Crippen LogP contribution >= 0.6 is 22.7 Å². The number of hydrogen-bond acceptors (Lipinski definition) is 5. The molecule has 0 aliphatic rings. The van der Waals surface area contributed by atoms with E-state index < -0.39 is 5.97 Å². The van der Waals surface area contributed by atoms with Crippen LogP contribution in [0.2, 0.25) is 0 Å². The molecule has 0 spiro atoms. The van der Waals surface area contributed by atoms with Gasteiger partial charge in [0.05, 0.1) is 16.3 Å². The van der Waals surface area contributed by atoms with Crippen molar-refractivity contribution < 1.29 is 14.7 Å². The molecule has 0 unspecified atom stereocenters. The Morgan fingerprint density at radius 2 is 2.11 bits per heavy atom. The minimum atomic E-state index is -1.05. The van der Waals surface area contributed by atoms with Crippen LogP contribution in [0.15, 0.2) is 11.4 Å². The van der Waals surface area contributed by atoms with Gasteiger partial charge < -0.3 is 10.4 Å². The molecule has 0 aromatic carbocycles. The summed E-state index contributed by atoms with van der Waals surface area (Å²) in [7, 11) is 0. The van der Waals surface area contributed by atoms with Crippen molar-refractivity contribution in [3.8, 4) is 0 Å². The van der Waals surface area contributed by atoms with Crippen molar-refractivity contribution in [1.29, 1.82) is 0 Å². The smallest absolute Gasteiger partial charge is 0.338 e. The van der Waals surface area contributed by atoms with E-state index in [-0.39, 0.29) is 11.5 Å². The Balaban J connectivity index is 2.24. The van der Waals surface area contributed by atoms with Gasteiger partial charge in [-0.15, -0.1) is 22.7 Å². The van der Waals surface area contributed by atoms with Gasteiger partial charge in [0.15, 0.2) is 0 Å². The SMILES string of the molecule is Cc1nc(C)c(C(=O)Nc2sccc2C(=O)O)s1. The lowest BCUT2D eigenvalue weighted by atomic mass is 10.3. The molecule has 0 saturated carbocycles. The molecule has 2 heterocycles. The average Bonchev–Trinajstić information content (AvgIpc) is 2.85. The Hall–Kier alpha value is -1.73. The molecule has 1 amide bonds. The van der Waals surface area contributed by atoms with E-state index in [2.05, 4.69) is 10.3 Å². The first-order valence-corrected chi connectivity index (χ1v) is 6.75. The third-order valence-electron chi connectivity index (χ3n) is 2.23. The molecule has 7 heteroatoms. The van der Waals surface area contributed by atoms with Crippen molar-refractivity contribution in [2.75, 3.05) is 5.32 Å². The largest absolute Gasteiger partial charge is 0.478 e. The number of carbonyl (C=O) groups excluding carboxylic acids is 1. The minimum Gasteiger partial charge on any atom is -0.478 e.